The highest BCUT2D eigenvalue weighted by Crippen LogP contribution is 2.29. The Labute approximate surface area is 140 Å². The molecule has 0 bridgehead atoms. The van der Waals surface area contributed by atoms with Crippen molar-refractivity contribution in [2.24, 2.45) is 0 Å². The van der Waals surface area contributed by atoms with Gasteiger partial charge in [-0.3, -0.25) is 9.78 Å². The number of aryl methyl sites for hydroxylation is 1. The van der Waals surface area contributed by atoms with Crippen LogP contribution in [0.4, 0.5) is 19.0 Å². The van der Waals surface area contributed by atoms with Crippen molar-refractivity contribution in [2.75, 3.05) is 5.32 Å². The number of nitrogens with zero attached hydrogens (tertiary/aromatic N) is 4. The van der Waals surface area contributed by atoms with Crippen LogP contribution in [0.5, 0.6) is 0 Å². The van der Waals surface area contributed by atoms with E-state index in [2.05, 4.69) is 20.4 Å². The van der Waals surface area contributed by atoms with Crippen molar-refractivity contribution in [1.82, 2.24) is 19.7 Å². The predicted octanol–water partition coefficient (Wildman–Crippen LogP) is 3.24. The molecule has 0 spiro atoms. The maximum Gasteiger partial charge on any atom is 0.417 e. The zero-order valence-electron chi connectivity index (χ0n) is 12.9. The average molecular weight is 347 g/mol. The van der Waals surface area contributed by atoms with Gasteiger partial charge in [-0.1, -0.05) is 0 Å². The van der Waals surface area contributed by atoms with Crippen LogP contribution >= 0.6 is 0 Å². The maximum atomic E-state index is 12.6. The first-order valence-electron chi connectivity index (χ1n) is 7.16. The fourth-order valence-electron chi connectivity index (χ4n) is 2.13. The van der Waals surface area contributed by atoms with Crippen molar-refractivity contribution in [3.8, 4) is 5.82 Å². The quantitative estimate of drug-likeness (QED) is 0.789. The number of hydrogen-bond donors (Lipinski definition) is 1. The second-order valence-corrected chi connectivity index (χ2v) is 5.18. The molecule has 0 aliphatic carbocycles. The fraction of sp³-hybridized carbons (Fsp3) is 0.125. The fourth-order valence-corrected chi connectivity index (χ4v) is 2.13. The van der Waals surface area contributed by atoms with Crippen molar-refractivity contribution in [3.63, 3.8) is 0 Å². The van der Waals surface area contributed by atoms with Crippen molar-refractivity contribution in [2.45, 2.75) is 13.1 Å². The molecular weight excluding hydrogens is 335 g/mol. The number of rotatable bonds is 3. The molecule has 0 fully saturated rings. The lowest BCUT2D eigenvalue weighted by Crippen LogP contribution is -2.16. The van der Waals surface area contributed by atoms with E-state index in [0.29, 0.717) is 17.1 Å². The molecule has 3 rings (SSSR count). The van der Waals surface area contributed by atoms with Gasteiger partial charge in [0.25, 0.3) is 5.91 Å². The van der Waals surface area contributed by atoms with Gasteiger partial charge in [0.05, 0.1) is 16.8 Å². The molecule has 0 aliphatic heterocycles. The summed E-state index contributed by atoms with van der Waals surface area (Å²) >= 11 is 0. The number of carbonyl (C=O) groups excluding carboxylic acids is 1. The SMILES string of the molecule is Cc1cc(NC(=O)c2cccnc2)n(-c2ccc(C(F)(F)F)cn2)n1. The molecule has 9 heteroatoms. The zero-order valence-corrected chi connectivity index (χ0v) is 12.9. The molecule has 1 amide bonds. The highest BCUT2D eigenvalue weighted by atomic mass is 19.4. The van der Waals surface area contributed by atoms with Crippen molar-refractivity contribution in [3.05, 3.63) is 65.7 Å². The van der Waals surface area contributed by atoms with Gasteiger partial charge < -0.3 is 5.32 Å². The summed E-state index contributed by atoms with van der Waals surface area (Å²) in [6.45, 7) is 1.69. The van der Waals surface area contributed by atoms with Crippen LogP contribution in [0, 0.1) is 6.92 Å². The van der Waals surface area contributed by atoms with Gasteiger partial charge in [-0.25, -0.2) is 4.98 Å². The molecule has 0 aliphatic rings. The Balaban J connectivity index is 1.90. The number of anilines is 1. The van der Waals surface area contributed by atoms with E-state index in [4.69, 9.17) is 0 Å². The summed E-state index contributed by atoms with van der Waals surface area (Å²) in [5.41, 5.74) is 0.0533. The first-order valence-corrected chi connectivity index (χ1v) is 7.16. The average Bonchev–Trinajstić information content (AvgIpc) is 2.95. The molecule has 0 unspecified atom stereocenters. The molecule has 6 nitrogen and oxygen atoms in total. The molecule has 1 N–H and O–H groups in total. The third kappa shape index (κ3) is 3.65. The molecule has 0 saturated carbocycles. The van der Waals surface area contributed by atoms with Crippen molar-refractivity contribution in [1.29, 1.82) is 0 Å². The lowest BCUT2D eigenvalue weighted by atomic mass is 10.2. The van der Waals surface area contributed by atoms with E-state index in [1.165, 1.54) is 23.1 Å². The van der Waals surface area contributed by atoms with Gasteiger partial charge in [-0.2, -0.15) is 23.0 Å². The topological polar surface area (TPSA) is 72.7 Å². The summed E-state index contributed by atoms with van der Waals surface area (Å²) in [5.74, 6) is 0.0300. The Morgan fingerprint density at radius 1 is 1.20 bits per heavy atom. The summed E-state index contributed by atoms with van der Waals surface area (Å²) in [6.07, 6.45) is -0.807. The summed E-state index contributed by atoms with van der Waals surface area (Å²) in [6, 6.07) is 6.90. The van der Waals surface area contributed by atoms with Crippen LogP contribution in [0.3, 0.4) is 0 Å². The number of hydrogen-bond acceptors (Lipinski definition) is 4. The van der Waals surface area contributed by atoms with Crippen molar-refractivity contribution < 1.29 is 18.0 Å². The highest BCUT2D eigenvalue weighted by Gasteiger charge is 2.30. The summed E-state index contributed by atoms with van der Waals surface area (Å²) in [7, 11) is 0. The van der Waals surface area contributed by atoms with Gasteiger partial charge in [-0.15, -0.1) is 0 Å². The Morgan fingerprint density at radius 2 is 2.00 bits per heavy atom. The minimum Gasteiger partial charge on any atom is -0.306 e. The van der Waals surface area contributed by atoms with Gasteiger partial charge in [-0.05, 0) is 31.2 Å². The minimum atomic E-state index is -4.47. The first kappa shape index (κ1) is 16.6. The molecule has 25 heavy (non-hydrogen) atoms. The number of pyridine rings is 2. The lowest BCUT2D eigenvalue weighted by molar-refractivity contribution is -0.137. The minimum absolute atomic E-state index is 0.155. The van der Waals surface area contributed by atoms with Gasteiger partial charge in [0.2, 0.25) is 0 Å². The van der Waals surface area contributed by atoms with Crippen molar-refractivity contribution >= 4 is 11.7 Å². The zero-order chi connectivity index (χ0) is 18.0. The third-order valence-electron chi connectivity index (χ3n) is 3.29. The highest BCUT2D eigenvalue weighted by molar-refractivity contribution is 6.03. The number of nitrogens with one attached hydrogen (secondary N) is 1. The van der Waals surface area contributed by atoms with Gasteiger partial charge in [0.1, 0.15) is 5.82 Å². The van der Waals surface area contributed by atoms with E-state index in [-0.39, 0.29) is 5.82 Å². The Morgan fingerprint density at radius 3 is 2.60 bits per heavy atom. The molecule has 3 aromatic heterocycles. The van der Waals surface area contributed by atoms with Crippen LogP contribution in [0.1, 0.15) is 21.6 Å². The lowest BCUT2D eigenvalue weighted by Gasteiger charge is -2.10. The standard InChI is InChI=1S/C16H12F3N5O/c1-10-7-14(22-15(25)11-3-2-6-20-8-11)24(23-10)13-5-4-12(9-21-13)16(17,18)19/h2-9H,1H3,(H,22,25). The molecule has 0 saturated heterocycles. The van der Waals surface area contributed by atoms with E-state index in [1.807, 2.05) is 0 Å². The van der Waals surface area contributed by atoms with Crippen LogP contribution in [-0.4, -0.2) is 25.7 Å². The third-order valence-corrected chi connectivity index (χ3v) is 3.29. The van der Waals surface area contributed by atoms with Gasteiger partial charge in [0, 0.05) is 24.7 Å². The molecule has 0 radical (unpaired) electrons. The predicted molar refractivity (Wildman–Crippen MR) is 83.3 cm³/mol. The summed E-state index contributed by atoms with van der Waals surface area (Å²) in [4.78, 5) is 19.9. The van der Waals surface area contributed by atoms with Crippen LogP contribution in [0.15, 0.2) is 48.9 Å². The van der Waals surface area contributed by atoms with E-state index in [9.17, 15) is 18.0 Å². The van der Waals surface area contributed by atoms with Crippen LogP contribution in [0.2, 0.25) is 0 Å². The second kappa shape index (κ2) is 6.34. The van der Waals surface area contributed by atoms with E-state index in [0.717, 1.165) is 12.3 Å². The van der Waals surface area contributed by atoms with E-state index < -0.39 is 17.6 Å². The Bertz CT molecular complexity index is 888. The Hall–Kier alpha value is -3.23. The second-order valence-electron chi connectivity index (χ2n) is 5.18. The number of alkyl halides is 3. The molecule has 3 aromatic rings. The monoisotopic (exact) mass is 347 g/mol. The molecule has 128 valence electrons. The molecule has 0 aromatic carbocycles. The van der Waals surface area contributed by atoms with E-state index in [1.54, 1.807) is 25.1 Å². The normalized spacial score (nSPS) is 11.4. The molecular formula is C16H12F3N5O. The van der Waals surface area contributed by atoms with Crippen LogP contribution in [-0.2, 0) is 6.18 Å². The summed E-state index contributed by atoms with van der Waals surface area (Å²) in [5, 5.41) is 6.81. The first-order chi connectivity index (χ1) is 11.8. The number of carbonyl (C=O) groups is 1. The largest absolute Gasteiger partial charge is 0.417 e. The smallest absolute Gasteiger partial charge is 0.306 e. The summed E-state index contributed by atoms with van der Waals surface area (Å²) < 4.78 is 39.2. The Kier molecular flexibility index (Phi) is 4.22. The number of halogens is 3. The number of amides is 1. The van der Waals surface area contributed by atoms with Gasteiger partial charge >= 0.3 is 6.18 Å². The molecule has 0 atom stereocenters. The van der Waals surface area contributed by atoms with E-state index >= 15 is 0 Å². The van der Waals surface area contributed by atoms with Gasteiger partial charge in [0.15, 0.2) is 5.82 Å². The number of aromatic nitrogens is 4. The maximum absolute atomic E-state index is 12.6. The molecule has 3 heterocycles. The van der Waals surface area contributed by atoms with Crippen LogP contribution < -0.4 is 5.32 Å². The van der Waals surface area contributed by atoms with Crippen LogP contribution in [0.25, 0.3) is 5.82 Å².